The Balaban J connectivity index is 3.49. The highest BCUT2D eigenvalue weighted by molar-refractivity contribution is 9.10. The fourth-order valence-electron chi connectivity index (χ4n) is 1.08. The predicted octanol–water partition coefficient (Wildman–Crippen LogP) is 3.99. The minimum atomic E-state index is -4.86. The number of rotatable bonds is 1. The zero-order chi connectivity index (χ0) is 11.8. The molecule has 1 rings (SSSR count). The van der Waals surface area contributed by atoms with Gasteiger partial charge in [0.05, 0.1) is 10.0 Å². The van der Waals surface area contributed by atoms with Crippen molar-refractivity contribution in [2.75, 3.05) is 5.73 Å². The van der Waals surface area contributed by atoms with Crippen LogP contribution in [0, 0.1) is 0 Å². The lowest BCUT2D eigenvalue weighted by Crippen LogP contribution is -2.12. The van der Waals surface area contributed by atoms with Crippen LogP contribution in [0.25, 0.3) is 0 Å². The summed E-state index contributed by atoms with van der Waals surface area (Å²) in [6.07, 6.45) is -8.06. The third-order valence-electron chi connectivity index (χ3n) is 1.72. The van der Waals surface area contributed by atoms with Gasteiger partial charge < -0.3 is 5.73 Å². The summed E-state index contributed by atoms with van der Waals surface area (Å²) in [6, 6.07) is 1.68. The van der Waals surface area contributed by atoms with Crippen LogP contribution in [0.1, 0.15) is 17.6 Å². The van der Waals surface area contributed by atoms with E-state index in [1.54, 1.807) is 0 Å². The van der Waals surface area contributed by atoms with Gasteiger partial charge in [0, 0.05) is 11.3 Å². The lowest BCUT2D eigenvalue weighted by molar-refractivity contribution is -0.140. The highest BCUT2D eigenvalue weighted by Gasteiger charge is 2.38. The average Bonchev–Trinajstić information content (AvgIpc) is 2.06. The first-order valence-electron chi connectivity index (χ1n) is 3.68. The van der Waals surface area contributed by atoms with Crippen LogP contribution in [-0.2, 0) is 6.18 Å². The maximum atomic E-state index is 12.4. The number of benzene rings is 1. The fourth-order valence-corrected chi connectivity index (χ4v) is 1.66. The Labute approximate surface area is 90.2 Å². The highest BCUT2D eigenvalue weighted by atomic mass is 79.9. The molecule has 0 atom stereocenters. The maximum Gasteiger partial charge on any atom is 0.418 e. The molecule has 0 fully saturated rings. The molecule has 1 aromatic carbocycles. The number of alkyl halides is 5. The summed E-state index contributed by atoms with van der Waals surface area (Å²) in [5, 5.41) is 0. The molecular formula is C8H5BrF5N. The summed E-state index contributed by atoms with van der Waals surface area (Å²) in [5.74, 6) is 0. The van der Waals surface area contributed by atoms with Crippen molar-refractivity contribution >= 4 is 21.6 Å². The van der Waals surface area contributed by atoms with E-state index in [9.17, 15) is 22.0 Å². The maximum absolute atomic E-state index is 12.4. The lowest BCUT2D eigenvalue weighted by Gasteiger charge is -2.15. The van der Waals surface area contributed by atoms with Gasteiger partial charge in [0.1, 0.15) is 0 Å². The van der Waals surface area contributed by atoms with Gasteiger partial charge in [-0.05, 0) is 22.0 Å². The zero-order valence-corrected chi connectivity index (χ0v) is 8.66. The molecule has 0 heterocycles. The summed E-state index contributed by atoms with van der Waals surface area (Å²) < 4.78 is 61.4. The standard InChI is InChI=1S/C8H5BrF5N/c9-6-4(15)2-1-3(7(10)11)5(6)8(12,13)14/h1-2,7H,15H2. The van der Waals surface area contributed by atoms with Gasteiger partial charge in [0.2, 0.25) is 0 Å². The van der Waals surface area contributed by atoms with Crippen LogP contribution in [-0.4, -0.2) is 0 Å². The van der Waals surface area contributed by atoms with Gasteiger partial charge in [0.15, 0.2) is 0 Å². The molecule has 84 valence electrons. The molecule has 0 aliphatic carbocycles. The van der Waals surface area contributed by atoms with Gasteiger partial charge in [-0.3, -0.25) is 0 Å². The zero-order valence-electron chi connectivity index (χ0n) is 7.08. The molecule has 0 radical (unpaired) electrons. The second-order valence-electron chi connectivity index (χ2n) is 2.73. The Morgan fingerprint density at radius 1 is 1.20 bits per heavy atom. The molecule has 0 saturated carbocycles. The first kappa shape index (κ1) is 12.2. The summed E-state index contributed by atoms with van der Waals surface area (Å²) in [5.41, 5.74) is 2.47. The van der Waals surface area contributed by atoms with Gasteiger partial charge in [-0.1, -0.05) is 6.07 Å². The largest absolute Gasteiger partial charge is 0.418 e. The van der Waals surface area contributed by atoms with E-state index in [2.05, 4.69) is 15.9 Å². The Bertz CT molecular complexity index is 374. The normalized spacial score (nSPS) is 12.2. The van der Waals surface area contributed by atoms with Gasteiger partial charge in [-0.15, -0.1) is 0 Å². The highest BCUT2D eigenvalue weighted by Crippen LogP contribution is 2.42. The number of hydrogen-bond donors (Lipinski definition) is 1. The van der Waals surface area contributed by atoms with Gasteiger partial charge in [0.25, 0.3) is 6.43 Å². The quantitative estimate of drug-likeness (QED) is 0.614. The van der Waals surface area contributed by atoms with E-state index >= 15 is 0 Å². The molecule has 7 heteroatoms. The van der Waals surface area contributed by atoms with Crippen molar-refractivity contribution in [3.8, 4) is 0 Å². The van der Waals surface area contributed by atoms with Crippen molar-refractivity contribution in [3.05, 3.63) is 27.7 Å². The molecule has 2 N–H and O–H groups in total. The topological polar surface area (TPSA) is 26.0 Å². The molecule has 0 aromatic heterocycles. The second kappa shape index (κ2) is 3.96. The van der Waals surface area contributed by atoms with Crippen molar-refractivity contribution in [1.29, 1.82) is 0 Å². The van der Waals surface area contributed by atoms with Crippen LogP contribution >= 0.6 is 15.9 Å². The summed E-state index contributed by atoms with van der Waals surface area (Å²) in [4.78, 5) is 0. The van der Waals surface area contributed by atoms with Crippen LogP contribution in [0.15, 0.2) is 16.6 Å². The number of nitrogen functional groups attached to an aromatic ring is 1. The molecule has 0 saturated heterocycles. The Kier molecular flexibility index (Phi) is 3.22. The average molecular weight is 290 g/mol. The Morgan fingerprint density at radius 3 is 2.13 bits per heavy atom. The molecule has 0 spiro atoms. The number of hydrogen-bond acceptors (Lipinski definition) is 1. The molecule has 15 heavy (non-hydrogen) atoms. The minimum absolute atomic E-state index is 0.230. The molecule has 0 bridgehead atoms. The number of anilines is 1. The summed E-state index contributed by atoms with van der Waals surface area (Å²) >= 11 is 2.56. The second-order valence-corrected chi connectivity index (χ2v) is 3.52. The number of nitrogens with two attached hydrogens (primary N) is 1. The van der Waals surface area contributed by atoms with Crippen LogP contribution < -0.4 is 5.73 Å². The van der Waals surface area contributed by atoms with Gasteiger partial charge in [-0.2, -0.15) is 13.2 Å². The van der Waals surface area contributed by atoms with E-state index in [0.29, 0.717) is 6.07 Å². The van der Waals surface area contributed by atoms with E-state index in [-0.39, 0.29) is 5.69 Å². The molecule has 1 nitrogen and oxygen atoms in total. The fraction of sp³-hybridized carbons (Fsp3) is 0.250. The molecule has 0 aliphatic rings. The monoisotopic (exact) mass is 289 g/mol. The SMILES string of the molecule is Nc1ccc(C(F)F)c(C(F)(F)F)c1Br. The molecular weight excluding hydrogens is 285 g/mol. The van der Waals surface area contributed by atoms with E-state index in [1.807, 2.05) is 0 Å². The predicted molar refractivity (Wildman–Crippen MR) is 48.5 cm³/mol. The molecule has 0 amide bonds. The van der Waals surface area contributed by atoms with E-state index < -0.39 is 28.2 Å². The van der Waals surface area contributed by atoms with E-state index in [1.165, 1.54) is 0 Å². The summed E-state index contributed by atoms with van der Waals surface area (Å²) in [6.45, 7) is 0. The third kappa shape index (κ3) is 2.39. The summed E-state index contributed by atoms with van der Waals surface area (Å²) in [7, 11) is 0. The first-order valence-corrected chi connectivity index (χ1v) is 4.47. The lowest BCUT2D eigenvalue weighted by atomic mass is 10.1. The van der Waals surface area contributed by atoms with Crippen molar-refractivity contribution in [2.24, 2.45) is 0 Å². The van der Waals surface area contributed by atoms with Crippen LogP contribution in [0.5, 0.6) is 0 Å². The number of halogens is 6. The van der Waals surface area contributed by atoms with Crippen LogP contribution in [0.2, 0.25) is 0 Å². The van der Waals surface area contributed by atoms with Crippen LogP contribution in [0.4, 0.5) is 27.6 Å². The smallest absolute Gasteiger partial charge is 0.398 e. The van der Waals surface area contributed by atoms with E-state index in [4.69, 9.17) is 5.73 Å². The van der Waals surface area contributed by atoms with Crippen molar-refractivity contribution in [3.63, 3.8) is 0 Å². The third-order valence-corrected chi connectivity index (χ3v) is 2.58. The molecule has 1 aromatic rings. The molecule has 0 unspecified atom stereocenters. The van der Waals surface area contributed by atoms with Gasteiger partial charge >= 0.3 is 6.18 Å². The Hall–Kier alpha value is -0.850. The van der Waals surface area contributed by atoms with Crippen molar-refractivity contribution in [2.45, 2.75) is 12.6 Å². The Morgan fingerprint density at radius 2 is 1.73 bits per heavy atom. The van der Waals surface area contributed by atoms with Gasteiger partial charge in [-0.25, -0.2) is 8.78 Å². The molecule has 0 aliphatic heterocycles. The van der Waals surface area contributed by atoms with E-state index in [0.717, 1.165) is 6.07 Å². The first-order chi connectivity index (χ1) is 6.75. The van der Waals surface area contributed by atoms with Crippen molar-refractivity contribution in [1.82, 2.24) is 0 Å². The minimum Gasteiger partial charge on any atom is -0.398 e. The van der Waals surface area contributed by atoms with Crippen molar-refractivity contribution < 1.29 is 22.0 Å². The van der Waals surface area contributed by atoms with Crippen LogP contribution in [0.3, 0.4) is 0 Å².